The van der Waals surface area contributed by atoms with Crippen molar-refractivity contribution in [3.63, 3.8) is 0 Å². The Bertz CT molecular complexity index is 776. The fraction of sp³-hybridized carbons (Fsp3) is 0.263. The quantitative estimate of drug-likeness (QED) is 0.736. The summed E-state index contributed by atoms with van der Waals surface area (Å²) in [5, 5.41) is 8.99. The van der Waals surface area contributed by atoms with E-state index in [4.69, 9.17) is 5.11 Å². The van der Waals surface area contributed by atoms with Gasteiger partial charge in [0, 0.05) is 13.0 Å². The van der Waals surface area contributed by atoms with Crippen molar-refractivity contribution in [3.8, 4) is 0 Å². The number of benzene rings is 2. The maximum Gasteiger partial charge on any atom is 0.396 e. The molecule has 0 bridgehead atoms. The lowest BCUT2D eigenvalue weighted by Gasteiger charge is -2.25. The summed E-state index contributed by atoms with van der Waals surface area (Å²) in [6.07, 6.45) is -5.58. The van der Waals surface area contributed by atoms with Crippen LogP contribution in [0.3, 0.4) is 0 Å². The van der Waals surface area contributed by atoms with Gasteiger partial charge in [0.05, 0.1) is 5.92 Å². The molecular formula is C19H17F4NO3. The third-order valence-corrected chi connectivity index (χ3v) is 3.94. The predicted octanol–water partition coefficient (Wildman–Crippen LogP) is 3.98. The molecule has 1 N–H and O–H groups in total. The van der Waals surface area contributed by atoms with E-state index in [0.717, 1.165) is 17.0 Å². The molecule has 0 radical (unpaired) electrons. The molecule has 0 fully saturated rings. The average molecular weight is 383 g/mol. The third-order valence-electron chi connectivity index (χ3n) is 3.94. The van der Waals surface area contributed by atoms with Crippen LogP contribution in [-0.4, -0.2) is 34.6 Å². The molecule has 2 aromatic carbocycles. The first kappa shape index (κ1) is 20.4. The second-order valence-corrected chi connectivity index (χ2v) is 5.98. The minimum Gasteiger partial charge on any atom is -0.480 e. The van der Waals surface area contributed by atoms with Gasteiger partial charge in [-0.3, -0.25) is 9.59 Å². The smallest absolute Gasteiger partial charge is 0.396 e. The Morgan fingerprint density at radius 2 is 1.59 bits per heavy atom. The van der Waals surface area contributed by atoms with Gasteiger partial charge in [-0.25, -0.2) is 4.39 Å². The van der Waals surface area contributed by atoms with Crippen LogP contribution in [0.1, 0.15) is 23.5 Å². The Morgan fingerprint density at radius 3 is 2.11 bits per heavy atom. The van der Waals surface area contributed by atoms with Crippen LogP contribution in [-0.2, 0) is 16.1 Å². The maximum absolute atomic E-state index is 13.4. The van der Waals surface area contributed by atoms with Crippen molar-refractivity contribution in [3.05, 3.63) is 71.5 Å². The van der Waals surface area contributed by atoms with Gasteiger partial charge in [-0.2, -0.15) is 13.2 Å². The molecule has 1 amide bonds. The maximum atomic E-state index is 13.4. The normalized spacial score (nSPS) is 12.4. The first-order valence-electron chi connectivity index (χ1n) is 8.02. The Labute approximate surface area is 153 Å². The van der Waals surface area contributed by atoms with Crippen molar-refractivity contribution >= 4 is 11.9 Å². The van der Waals surface area contributed by atoms with Crippen LogP contribution in [0.5, 0.6) is 0 Å². The number of amides is 1. The summed E-state index contributed by atoms with van der Waals surface area (Å²) in [6, 6.07) is 11.9. The van der Waals surface area contributed by atoms with Gasteiger partial charge in [-0.1, -0.05) is 42.5 Å². The van der Waals surface area contributed by atoms with Gasteiger partial charge in [0.2, 0.25) is 5.91 Å². The number of aliphatic carboxylic acids is 1. The molecule has 144 valence electrons. The summed E-state index contributed by atoms with van der Waals surface area (Å²) in [5.74, 6) is -4.87. The lowest BCUT2D eigenvalue weighted by molar-refractivity contribution is -0.161. The summed E-state index contributed by atoms with van der Waals surface area (Å²) < 4.78 is 53.3. The molecule has 2 aromatic rings. The zero-order valence-corrected chi connectivity index (χ0v) is 14.1. The van der Waals surface area contributed by atoms with Crippen molar-refractivity contribution < 1.29 is 32.3 Å². The van der Waals surface area contributed by atoms with Gasteiger partial charge < -0.3 is 10.0 Å². The monoisotopic (exact) mass is 383 g/mol. The highest BCUT2D eigenvalue weighted by atomic mass is 19.4. The first-order chi connectivity index (χ1) is 12.7. The highest BCUT2D eigenvalue weighted by Crippen LogP contribution is 2.37. The molecule has 2 rings (SSSR count). The number of alkyl halides is 3. The summed E-state index contributed by atoms with van der Waals surface area (Å²) in [5.41, 5.74) is 0.338. The van der Waals surface area contributed by atoms with E-state index >= 15 is 0 Å². The van der Waals surface area contributed by atoms with Gasteiger partial charge in [-0.05, 0) is 23.3 Å². The van der Waals surface area contributed by atoms with Gasteiger partial charge in [0.15, 0.2) is 0 Å². The van der Waals surface area contributed by atoms with Crippen LogP contribution < -0.4 is 0 Å². The zero-order valence-electron chi connectivity index (χ0n) is 14.1. The summed E-state index contributed by atoms with van der Waals surface area (Å²) >= 11 is 0. The SMILES string of the molecule is O=C(O)CN(Cc1ccc(F)cc1)C(=O)CC(c1ccccc1)C(F)(F)F. The van der Waals surface area contributed by atoms with E-state index in [0.29, 0.717) is 5.56 Å². The summed E-state index contributed by atoms with van der Waals surface area (Å²) in [7, 11) is 0. The first-order valence-corrected chi connectivity index (χ1v) is 8.02. The van der Waals surface area contributed by atoms with Crippen LogP contribution >= 0.6 is 0 Å². The molecule has 0 spiro atoms. The number of carboxylic acid groups (broad SMARTS) is 1. The predicted molar refractivity (Wildman–Crippen MR) is 89.3 cm³/mol. The van der Waals surface area contributed by atoms with Gasteiger partial charge >= 0.3 is 12.1 Å². The number of halogens is 4. The van der Waals surface area contributed by atoms with Crippen molar-refractivity contribution in [2.75, 3.05) is 6.54 Å². The molecule has 0 saturated carbocycles. The highest BCUT2D eigenvalue weighted by molar-refractivity contribution is 5.82. The van der Waals surface area contributed by atoms with E-state index in [1.807, 2.05) is 0 Å². The number of carbonyl (C=O) groups excluding carboxylic acids is 1. The summed E-state index contributed by atoms with van der Waals surface area (Å²) in [6.45, 7) is -0.986. The molecule has 0 aliphatic heterocycles. The number of carbonyl (C=O) groups is 2. The molecule has 0 aliphatic rings. The number of rotatable bonds is 7. The fourth-order valence-corrected chi connectivity index (χ4v) is 2.62. The molecule has 27 heavy (non-hydrogen) atoms. The van der Waals surface area contributed by atoms with Crippen molar-refractivity contribution in [2.45, 2.75) is 25.1 Å². The minimum atomic E-state index is -4.66. The number of nitrogens with zero attached hydrogens (tertiary/aromatic N) is 1. The Hall–Kier alpha value is -2.90. The number of hydrogen-bond acceptors (Lipinski definition) is 2. The molecule has 0 heterocycles. The van der Waals surface area contributed by atoms with E-state index in [1.165, 1.54) is 36.4 Å². The highest BCUT2D eigenvalue weighted by Gasteiger charge is 2.42. The van der Waals surface area contributed by atoms with Gasteiger partial charge in [0.25, 0.3) is 0 Å². The molecular weight excluding hydrogens is 366 g/mol. The van der Waals surface area contributed by atoms with Crippen molar-refractivity contribution in [1.82, 2.24) is 4.90 Å². The van der Waals surface area contributed by atoms with E-state index < -0.39 is 42.8 Å². The molecule has 1 unspecified atom stereocenters. The zero-order chi connectivity index (χ0) is 20.0. The van der Waals surface area contributed by atoms with E-state index in [1.54, 1.807) is 6.07 Å². The molecule has 1 atom stereocenters. The van der Waals surface area contributed by atoms with E-state index in [2.05, 4.69) is 0 Å². The van der Waals surface area contributed by atoms with Crippen molar-refractivity contribution in [1.29, 1.82) is 0 Å². The van der Waals surface area contributed by atoms with Crippen LogP contribution in [0.2, 0.25) is 0 Å². The molecule has 0 aliphatic carbocycles. The van der Waals surface area contributed by atoms with Crippen LogP contribution in [0.15, 0.2) is 54.6 Å². The minimum absolute atomic E-state index is 0.0737. The fourth-order valence-electron chi connectivity index (χ4n) is 2.62. The standard InChI is InChI=1S/C19H17F4NO3/c20-15-8-6-13(7-9-15)11-24(12-18(26)27)17(25)10-16(19(21,22)23)14-4-2-1-3-5-14/h1-9,16H,10-12H2,(H,26,27). The Kier molecular flexibility index (Phi) is 6.55. The second kappa shape index (κ2) is 8.66. The van der Waals surface area contributed by atoms with E-state index in [9.17, 15) is 27.2 Å². The van der Waals surface area contributed by atoms with E-state index in [-0.39, 0.29) is 12.1 Å². The lowest BCUT2D eigenvalue weighted by atomic mass is 9.94. The van der Waals surface area contributed by atoms with Gasteiger partial charge in [0.1, 0.15) is 12.4 Å². The van der Waals surface area contributed by atoms with Gasteiger partial charge in [-0.15, -0.1) is 0 Å². The Morgan fingerprint density at radius 1 is 1.00 bits per heavy atom. The molecule has 0 aromatic heterocycles. The van der Waals surface area contributed by atoms with Crippen LogP contribution in [0.4, 0.5) is 17.6 Å². The largest absolute Gasteiger partial charge is 0.480 e. The van der Waals surface area contributed by atoms with Crippen molar-refractivity contribution in [2.24, 2.45) is 0 Å². The molecule has 0 saturated heterocycles. The van der Waals surface area contributed by atoms with Crippen LogP contribution in [0, 0.1) is 5.82 Å². The van der Waals surface area contributed by atoms with Crippen LogP contribution in [0.25, 0.3) is 0 Å². The number of carboxylic acids is 1. The summed E-state index contributed by atoms with van der Waals surface area (Å²) in [4.78, 5) is 24.3. The third kappa shape index (κ3) is 6.09. The lowest BCUT2D eigenvalue weighted by Crippen LogP contribution is -2.37. The average Bonchev–Trinajstić information content (AvgIpc) is 2.60. The molecule has 4 nitrogen and oxygen atoms in total. The Balaban J connectivity index is 2.22. The number of hydrogen-bond donors (Lipinski definition) is 1. The second-order valence-electron chi connectivity index (χ2n) is 5.98. The topological polar surface area (TPSA) is 57.6 Å². The molecule has 8 heteroatoms.